The molecule has 20 heteroatoms. The Kier molecular flexibility index (Phi) is 11.2. The molecule has 18 nitrogen and oxygen atoms in total. The number of carbonyl (C=O) groups is 5. The van der Waals surface area contributed by atoms with Crippen LogP contribution in [-0.4, -0.2) is 110 Å². The van der Waals surface area contributed by atoms with Crippen LogP contribution in [0.25, 0.3) is 33.3 Å². The first-order valence-electron chi connectivity index (χ1n) is 21.5. The number of benzene rings is 2. The average molecular weight is 894 g/mol. The van der Waals surface area contributed by atoms with Crippen molar-refractivity contribution in [1.82, 2.24) is 39.7 Å². The summed E-state index contributed by atoms with van der Waals surface area (Å²) >= 11 is 0. The highest BCUT2D eigenvalue weighted by atomic mass is 32.2. The molecule has 0 saturated carbocycles. The van der Waals surface area contributed by atoms with Gasteiger partial charge in [-0.2, -0.15) is 10.2 Å². The second-order valence-electron chi connectivity index (χ2n) is 16.9. The maximum absolute atomic E-state index is 15.1. The molecule has 3 saturated heterocycles. The van der Waals surface area contributed by atoms with E-state index in [4.69, 9.17) is 10.8 Å². The van der Waals surface area contributed by atoms with Crippen molar-refractivity contribution in [3.8, 4) is 22.4 Å². The van der Waals surface area contributed by atoms with Crippen LogP contribution in [0.2, 0.25) is 0 Å². The highest BCUT2D eigenvalue weighted by molar-refractivity contribution is 7.92. The Morgan fingerprint density at radius 3 is 2.44 bits per heavy atom. The summed E-state index contributed by atoms with van der Waals surface area (Å²) < 4.78 is 45.0. The predicted octanol–water partition coefficient (Wildman–Crippen LogP) is 4.24. The molecule has 0 bridgehead atoms. The Hall–Kier alpha value is -6.70. The van der Waals surface area contributed by atoms with Gasteiger partial charge in [-0.05, 0) is 75.6 Å². The number of hydrogen-bond donors (Lipinski definition) is 3. The Balaban J connectivity index is 0.790. The summed E-state index contributed by atoms with van der Waals surface area (Å²) in [5.74, 6) is -2.38. The number of likely N-dealkylation sites (tertiary alicyclic amines) is 1. The largest absolute Gasteiger partial charge is 0.383 e. The van der Waals surface area contributed by atoms with Crippen LogP contribution in [-0.2, 0) is 31.5 Å². The third-order valence-corrected chi connectivity index (χ3v) is 14.3. The molecule has 4 N–H and O–H groups in total. The van der Waals surface area contributed by atoms with E-state index in [1.807, 2.05) is 21.8 Å². The van der Waals surface area contributed by atoms with Gasteiger partial charge >= 0.3 is 0 Å². The Morgan fingerprint density at radius 1 is 0.953 bits per heavy atom. The molecule has 0 radical (unpaired) electrons. The minimum atomic E-state index is -3.67. The lowest BCUT2D eigenvalue weighted by Crippen LogP contribution is -2.54. The van der Waals surface area contributed by atoms with Crippen LogP contribution in [0.1, 0.15) is 85.0 Å². The number of carbonyl (C=O) groups excluding carboxylic acids is 5. The fourth-order valence-corrected chi connectivity index (χ4v) is 10.1. The molecular formula is C44H48FN11O7S. The second-order valence-corrected chi connectivity index (χ2v) is 18.9. The molecule has 2 aromatic carbocycles. The van der Waals surface area contributed by atoms with E-state index < -0.39 is 45.5 Å². The van der Waals surface area contributed by atoms with E-state index >= 15 is 4.39 Å². The molecule has 5 aromatic rings. The van der Waals surface area contributed by atoms with Crippen molar-refractivity contribution in [3.63, 3.8) is 0 Å². The van der Waals surface area contributed by atoms with E-state index in [1.165, 1.54) is 19.1 Å². The number of nitrogens with zero attached hydrogens (tertiary/aromatic N) is 8. The molecule has 1 unspecified atom stereocenters. The monoisotopic (exact) mass is 893 g/mol. The summed E-state index contributed by atoms with van der Waals surface area (Å²) in [7, 11) is -1.91. The number of rotatable bonds is 11. The van der Waals surface area contributed by atoms with E-state index in [-0.39, 0.29) is 47.6 Å². The van der Waals surface area contributed by atoms with Gasteiger partial charge in [-0.3, -0.25) is 48.3 Å². The fraction of sp³-hybridized carbons (Fsp3) is 0.409. The van der Waals surface area contributed by atoms with Gasteiger partial charge in [-0.15, -0.1) is 0 Å². The van der Waals surface area contributed by atoms with Crippen molar-refractivity contribution in [2.24, 2.45) is 13.0 Å². The number of nitrogens with one attached hydrogen (secondary N) is 2. The number of pyridine rings is 1. The Labute approximate surface area is 368 Å². The normalized spacial score (nSPS) is 18.9. The molecule has 7 heterocycles. The minimum absolute atomic E-state index is 0.0594. The highest BCUT2D eigenvalue weighted by Gasteiger charge is 2.46. The van der Waals surface area contributed by atoms with E-state index in [9.17, 15) is 32.4 Å². The molecule has 3 aromatic heterocycles. The number of nitrogens with two attached hydrogens (primary N) is 1. The molecule has 0 aliphatic carbocycles. The van der Waals surface area contributed by atoms with Gasteiger partial charge in [0.2, 0.25) is 27.7 Å². The Morgan fingerprint density at radius 2 is 1.72 bits per heavy atom. The van der Waals surface area contributed by atoms with Gasteiger partial charge in [-0.25, -0.2) is 17.8 Å². The summed E-state index contributed by atoms with van der Waals surface area (Å²) in [6, 6.07) is 8.40. The number of piperidine rings is 3. The summed E-state index contributed by atoms with van der Waals surface area (Å²) in [6.45, 7) is 3.99. The van der Waals surface area contributed by atoms with Gasteiger partial charge in [0.25, 0.3) is 11.8 Å². The lowest BCUT2D eigenvalue weighted by Gasteiger charge is -2.35. The SMILES string of the molecule is CCS(=O)(=O)Nc1ccc(-c2nn(C)c3c(-c4cnn(C5CCN(C(=O)CCC6CCN(c7cccc8c7C(=O)N(C7CCC(=O)NC7=O)C8=O)CC6)CC5)c4)cnc(N)c23)cc1F. The summed E-state index contributed by atoms with van der Waals surface area (Å²) in [4.78, 5) is 74.2. The summed E-state index contributed by atoms with van der Waals surface area (Å²) in [6.07, 6.45) is 9.84. The molecule has 334 valence electrons. The average Bonchev–Trinajstić information content (AvgIpc) is 3.99. The van der Waals surface area contributed by atoms with Gasteiger partial charge in [0.15, 0.2) is 0 Å². The zero-order chi connectivity index (χ0) is 45.0. The standard InChI is InChI=1S/C44H48FN11O7S/c1-3-64(62,63)51-32-9-8-26(21-31(32)45)39-38-40(52(2)50-39)30(23-47-41(38)46)27-22-48-55(24-27)28-15-19-54(20-16-28)36(58)12-7-25-13-17-53(18-14-25)33-6-4-5-29-37(33)44(61)56(43(29)60)34-10-11-35(57)49-42(34)59/h4-6,8-9,21-25,28,34,51H,3,7,10-20H2,1-2H3,(H2,46,47)(H,49,57,59). The van der Waals surface area contributed by atoms with Crippen LogP contribution in [0.5, 0.6) is 0 Å². The zero-order valence-electron chi connectivity index (χ0n) is 35.4. The summed E-state index contributed by atoms with van der Waals surface area (Å²) in [5.41, 5.74) is 10.5. The van der Waals surface area contributed by atoms with E-state index in [1.54, 1.807) is 42.3 Å². The number of fused-ring (bicyclic) bond motifs is 2. The number of amides is 5. The van der Waals surface area contributed by atoms with E-state index in [0.29, 0.717) is 71.9 Å². The smallest absolute Gasteiger partial charge is 0.264 e. The summed E-state index contributed by atoms with van der Waals surface area (Å²) in [5, 5.41) is 12.1. The first kappa shape index (κ1) is 42.6. The van der Waals surface area contributed by atoms with Crippen molar-refractivity contribution in [1.29, 1.82) is 0 Å². The number of sulfonamides is 1. The van der Waals surface area contributed by atoms with Crippen LogP contribution in [0, 0.1) is 11.7 Å². The van der Waals surface area contributed by atoms with E-state index in [0.717, 1.165) is 48.1 Å². The fourth-order valence-electron chi connectivity index (χ4n) is 9.50. The number of hydrogen-bond acceptors (Lipinski definition) is 12. The van der Waals surface area contributed by atoms with Crippen molar-refractivity contribution < 1.29 is 36.8 Å². The van der Waals surface area contributed by atoms with Crippen molar-refractivity contribution in [2.45, 2.75) is 70.4 Å². The number of aryl methyl sites for hydroxylation is 1. The quantitative estimate of drug-likeness (QED) is 0.158. The van der Waals surface area contributed by atoms with Crippen molar-refractivity contribution in [3.05, 3.63) is 71.9 Å². The van der Waals surface area contributed by atoms with Gasteiger partial charge in [0, 0.05) is 75.2 Å². The van der Waals surface area contributed by atoms with Crippen LogP contribution in [0.15, 0.2) is 55.0 Å². The zero-order valence-corrected chi connectivity index (χ0v) is 36.2. The van der Waals surface area contributed by atoms with Crippen LogP contribution < -0.4 is 20.7 Å². The van der Waals surface area contributed by atoms with Gasteiger partial charge in [0.1, 0.15) is 23.4 Å². The third-order valence-electron chi connectivity index (χ3n) is 13.1. The van der Waals surface area contributed by atoms with Crippen molar-refractivity contribution in [2.75, 3.05) is 47.3 Å². The second kappa shape index (κ2) is 16.8. The molecule has 9 rings (SSSR count). The van der Waals surface area contributed by atoms with E-state index in [2.05, 4.69) is 25.0 Å². The number of imide groups is 2. The maximum atomic E-state index is 15.1. The molecule has 0 spiro atoms. The first-order valence-corrected chi connectivity index (χ1v) is 23.2. The van der Waals surface area contributed by atoms with Crippen LogP contribution in [0.4, 0.5) is 21.6 Å². The molecular weight excluding hydrogens is 846 g/mol. The van der Waals surface area contributed by atoms with Crippen LogP contribution in [0.3, 0.4) is 0 Å². The predicted molar refractivity (Wildman–Crippen MR) is 235 cm³/mol. The minimum Gasteiger partial charge on any atom is -0.383 e. The lowest BCUT2D eigenvalue weighted by molar-refractivity contribution is -0.136. The van der Waals surface area contributed by atoms with Gasteiger partial charge in [-0.1, -0.05) is 12.1 Å². The Bertz CT molecular complexity index is 2840. The number of nitrogen functional groups attached to an aromatic ring is 1. The van der Waals surface area contributed by atoms with Crippen LogP contribution >= 0.6 is 0 Å². The first-order chi connectivity index (χ1) is 30.7. The topological polar surface area (TPSA) is 228 Å². The molecule has 64 heavy (non-hydrogen) atoms. The molecule has 3 fully saturated rings. The van der Waals surface area contributed by atoms with Gasteiger partial charge in [0.05, 0.1) is 51.4 Å². The molecule has 4 aliphatic heterocycles. The highest BCUT2D eigenvalue weighted by Crippen LogP contribution is 2.39. The number of halogens is 1. The molecule has 4 aliphatic rings. The molecule has 1 atom stereocenters. The maximum Gasteiger partial charge on any atom is 0.264 e. The molecule has 5 amide bonds. The number of anilines is 3. The van der Waals surface area contributed by atoms with Crippen molar-refractivity contribution >= 4 is 67.7 Å². The third kappa shape index (κ3) is 7.83. The van der Waals surface area contributed by atoms with Gasteiger partial charge < -0.3 is 15.5 Å². The number of aromatic nitrogens is 5. The lowest BCUT2D eigenvalue weighted by atomic mass is 9.91.